The van der Waals surface area contributed by atoms with E-state index in [1.54, 1.807) is 0 Å². The van der Waals surface area contributed by atoms with Gasteiger partial charge in [0.1, 0.15) is 5.60 Å². The largest absolute Gasteiger partial charge is 0.460 e. The van der Waals surface area contributed by atoms with Gasteiger partial charge in [-0.1, -0.05) is 56.9 Å². The molecule has 0 aromatic heterocycles. The van der Waals surface area contributed by atoms with Gasteiger partial charge in [0.25, 0.3) is 0 Å². The van der Waals surface area contributed by atoms with Crippen molar-refractivity contribution in [2.24, 2.45) is 11.8 Å². The van der Waals surface area contributed by atoms with E-state index in [-0.39, 0.29) is 17.7 Å². The minimum Gasteiger partial charge on any atom is -0.460 e. The Morgan fingerprint density at radius 3 is 2.44 bits per heavy atom. The van der Waals surface area contributed by atoms with Crippen LogP contribution in [0, 0.1) is 11.8 Å². The molecule has 0 spiro atoms. The maximum absolute atomic E-state index is 11.6. The van der Waals surface area contributed by atoms with Crippen molar-refractivity contribution in [1.82, 2.24) is 0 Å². The predicted molar refractivity (Wildman–Crippen MR) is 104 cm³/mol. The van der Waals surface area contributed by atoms with Crippen LogP contribution in [0.15, 0.2) is 24.3 Å². The number of rotatable bonds is 11. The number of hydrogen-bond acceptors (Lipinski definition) is 3. The maximum atomic E-state index is 11.6. The van der Waals surface area contributed by atoms with Crippen LogP contribution in [-0.2, 0) is 9.53 Å². The molecule has 0 amide bonds. The van der Waals surface area contributed by atoms with E-state index in [9.17, 15) is 9.90 Å². The zero-order chi connectivity index (χ0) is 18.7. The van der Waals surface area contributed by atoms with Crippen molar-refractivity contribution in [2.75, 3.05) is 0 Å². The Bertz CT molecular complexity index is 431. The van der Waals surface area contributed by atoms with Gasteiger partial charge < -0.3 is 9.84 Å². The summed E-state index contributed by atoms with van der Waals surface area (Å²) in [5.74, 6) is 0.786. The molecule has 0 unspecified atom stereocenters. The van der Waals surface area contributed by atoms with E-state index in [0.29, 0.717) is 18.3 Å². The number of aliphatic hydroxyl groups excluding tert-OH is 1. The molecule has 3 atom stereocenters. The molecule has 3 nitrogen and oxygen atoms in total. The van der Waals surface area contributed by atoms with Gasteiger partial charge in [0, 0.05) is 6.42 Å². The summed E-state index contributed by atoms with van der Waals surface area (Å²) in [5, 5.41) is 10.1. The standard InChI is InChI=1S/C22H38O3/c1-5-6-10-14-19-18(16-17-20(19)23)13-11-8-7-9-12-15-21(24)25-22(2,3)4/h6,10,16-20,23H,5,7-9,11-15H2,1-4H3/b10-6-/t18-,19-,20+/m0/s1. The summed E-state index contributed by atoms with van der Waals surface area (Å²) in [5.41, 5.74) is -0.376. The Morgan fingerprint density at radius 1 is 1.08 bits per heavy atom. The Balaban J connectivity index is 2.10. The maximum Gasteiger partial charge on any atom is 0.306 e. The fraction of sp³-hybridized carbons (Fsp3) is 0.773. The third-order valence-electron chi connectivity index (χ3n) is 4.69. The monoisotopic (exact) mass is 350 g/mol. The van der Waals surface area contributed by atoms with E-state index in [1.807, 2.05) is 26.8 Å². The fourth-order valence-electron chi connectivity index (χ4n) is 3.41. The first-order valence-electron chi connectivity index (χ1n) is 10.1. The Hall–Kier alpha value is -1.09. The van der Waals surface area contributed by atoms with Crippen LogP contribution >= 0.6 is 0 Å². The summed E-state index contributed by atoms with van der Waals surface area (Å²) in [7, 11) is 0. The van der Waals surface area contributed by atoms with Gasteiger partial charge in [0.2, 0.25) is 0 Å². The van der Waals surface area contributed by atoms with Crippen LogP contribution in [0.1, 0.15) is 85.5 Å². The van der Waals surface area contributed by atoms with Crippen molar-refractivity contribution in [3.63, 3.8) is 0 Å². The number of carbonyl (C=O) groups is 1. The van der Waals surface area contributed by atoms with E-state index in [1.165, 1.54) is 19.3 Å². The first-order chi connectivity index (χ1) is 11.8. The first-order valence-corrected chi connectivity index (χ1v) is 10.1. The normalized spacial score (nSPS) is 23.5. The van der Waals surface area contributed by atoms with Crippen LogP contribution in [0.4, 0.5) is 0 Å². The summed E-state index contributed by atoms with van der Waals surface area (Å²) in [6.45, 7) is 7.86. The average Bonchev–Trinajstić information content (AvgIpc) is 2.85. The van der Waals surface area contributed by atoms with Gasteiger partial charge in [0.15, 0.2) is 0 Å². The van der Waals surface area contributed by atoms with Crippen molar-refractivity contribution in [3.8, 4) is 0 Å². The van der Waals surface area contributed by atoms with Gasteiger partial charge in [-0.3, -0.25) is 4.79 Å². The number of aliphatic hydroxyl groups is 1. The Labute approximate surface area is 154 Å². The number of carbonyl (C=O) groups excluding carboxylic acids is 1. The molecule has 144 valence electrons. The van der Waals surface area contributed by atoms with E-state index in [2.05, 4.69) is 25.2 Å². The number of hydrogen-bond donors (Lipinski definition) is 1. The van der Waals surface area contributed by atoms with Crippen molar-refractivity contribution in [3.05, 3.63) is 24.3 Å². The van der Waals surface area contributed by atoms with Crippen molar-refractivity contribution >= 4 is 5.97 Å². The molecular weight excluding hydrogens is 312 g/mol. The molecule has 1 rings (SSSR count). The van der Waals surface area contributed by atoms with E-state index >= 15 is 0 Å². The van der Waals surface area contributed by atoms with E-state index in [0.717, 1.165) is 32.1 Å². The minimum atomic E-state index is -0.376. The summed E-state index contributed by atoms with van der Waals surface area (Å²) in [6, 6.07) is 0. The number of unbranched alkanes of at least 4 members (excludes halogenated alkanes) is 4. The zero-order valence-corrected chi connectivity index (χ0v) is 16.7. The van der Waals surface area contributed by atoms with Crippen LogP contribution in [0.2, 0.25) is 0 Å². The molecule has 0 bridgehead atoms. The highest BCUT2D eigenvalue weighted by molar-refractivity contribution is 5.69. The third kappa shape index (κ3) is 9.84. The first kappa shape index (κ1) is 22.0. The smallest absolute Gasteiger partial charge is 0.306 e. The quantitative estimate of drug-likeness (QED) is 0.301. The van der Waals surface area contributed by atoms with E-state index < -0.39 is 0 Å². The van der Waals surface area contributed by atoms with Crippen molar-refractivity contribution in [2.45, 2.75) is 97.2 Å². The molecule has 0 aromatic carbocycles. The highest BCUT2D eigenvalue weighted by Crippen LogP contribution is 2.33. The van der Waals surface area contributed by atoms with Gasteiger partial charge in [0.05, 0.1) is 6.10 Å². The highest BCUT2D eigenvalue weighted by atomic mass is 16.6. The Morgan fingerprint density at radius 2 is 1.76 bits per heavy atom. The molecule has 0 aromatic rings. The average molecular weight is 351 g/mol. The molecule has 0 aliphatic heterocycles. The molecule has 0 heterocycles. The second-order valence-electron chi connectivity index (χ2n) is 8.21. The van der Waals surface area contributed by atoms with Crippen LogP contribution in [-0.4, -0.2) is 22.8 Å². The van der Waals surface area contributed by atoms with Crippen LogP contribution in [0.5, 0.6) is 0 Å². The summed E-state index contributed by atoms with van der Waals surface area (Å²) in [4.78, 5) is 11.6. The van der Waals surface area contributed by atoms with Crippen molar-refractivity contribution < 1.29 is 14.6 Å². The Kier molecular flexibility index (Phi) is 10.1. The zero-order valence-electron chi connectivity index (χ0n) is 16.7. The molecule has 1 N–H and O–H groups in total. The fourth-order valence-corrected chi connectivity index (χ4v) is 3.41. The van der Waals surface area contributed by atoms with Gasteiger partial charge >= 0.3 is 5.97 Å². The summed E-state index contributed by atoms with van der Waals surface area (Å²) in [6.07, 6.45) is 17.6. The molecule has 25 heavy (non-hydrogen) atoms. The molecule has 0 radical (unpaired) electrons. The minimum absolute atomic E-state index is 0.0828. The summed E-state index contributed by atoms with van der Waals surface area (Å²) < 4.78 is 5.32. The van der Waals surface area contributed by atoms with Gasteiger partial charge in [-0.15, -0.1) is 0 Å². The molecular formula is C22H38O3. The second-order valence-corrected chi connectivity index (χ2v) is 8.21. The molecule has 1 aliphatic rings. The number of esters is 1. The lowest BCUT2D eigenvalue weighted by Crippen LogP contribution is -2.23. The lowest BCUT2D eigenvalue weighted by molar-refractivity contribution is -0.154. The van der Waals surface area contributed by atoms with Gasteiger partial charge in [-0.05, 0) is 58.3 Å². The van der Waals surface area contributed by atoms with Crippen LogP contribution < -0.4 is 0 Å². The van der Waals surface area contributed by atoms with Gasteiger partial charge in [-0.2, -0.15) is 0 Å². The molecule has 0 fully saturated rings. The van der Waals surface area contributed by atoms with Gasteiger partial charge in [-0.25, -0.2) is 0 Å². The van der Waals surface area contributed by atoms with Crippen molar-refractivity contribution in [1.29, 1.82) is 0 Å². The summed E-state index contributed by atoms with van der Waals surface area (Å²) >= 11 is 0. The number of allylic oxidation sites excluding steroid dienone is 3. The SMILES string of the molecule is CC/C=C\C[C@@H]1[C@H](O)C=C[C@@H]1CCCCCCCC(=O)OC(C)(C)C. The van der Waals surface area contributed by atoms with E-state index in [4.69, 9.17) is 4.74 Å². The molecule has 0 saturated heterocycles. The lowest BCUT2D eigenvalue weighted by atomic mass is 9.86. The second kappa shape index (κ2) is 11.5. The molecule has 1 aliphatic carbocycles. The van der Waals surface area contributed by atoms with Crippen LogP contribution in [0.25, 0.3) is 0 Å². The topological polar surface area (TPSA) is 46.5 Å². The molecule has 0 saturated carbocycles. The molecule has 3 heteroatoms. The predicted octanol–water partition coefficient (Wildman–Crippen LogP) is 5.58. The number of ether oxygens (including phenoxy) is 1. The highest BCUT2D eigenvalue weighted by Gasteiger charge is 2.28. The van der Waals surface area contributed by atoms with Crippen LogP contribution in [0.3, 0.4) is 0 Å². The third-order valence-corrected chi connectivity index (χ3v) is 4.69. The lowest BCUT2D eigenvalue weighted by Gasteiger charge is -2.21.